The fraction of sp³-hybridized carbons (Fsp3) is 1.00. The third kappa shape index (κ3) is 5.64. The van der Waals surface area contributed by atoms with Crippen LogP contribution in [-0.2, 0) is 4.89 Å². The molecule has 0 saturated carbocycles. The van der Waals surface area contributed by atoms with Crippen LogP contribution in [0.1, 0.15) is 26.2 Å². The van der Waals surface area contributed by atoms with Crippen molar-refractivity contribution >= 4 is 0 Å². The maximum absolute atomic E-state index is 12.8. The average molecular weight is 284 g/mol. The fourth-order valence-electron chi connectivity index (χ4n) is 2.51. The van der Waals surface area contributed by atoms with Gasteiger partial charge in [0.2, 0.25) is 0 Å². The minimum Gasteiger partial charge on any atom is -0.312 e. The first-order chi connectivity index (χ1) is 8.99. The van der Waals surface area contributed by atoms with E-state index in [4.69, 9.17) is 5.26 Å². The molecule has 0 bridgehead atoms. The molecule has 114 valence electrons. The van der Waals surface area contributed by atoms with Gasteiger partial charge in [-0.3, -0.25) is 5.26 Å². The van der Waals surface area contributed by atoms with Crippen molar-refractivity contribution < 1.29 is 23.3 Å². The Kier molecular flexibility index (Phi) is 7.06. The molecule has 1 fully saturated rings. The van der Waals surface area contributed by atoms with Crippen molar-refractivity contribution in [2.75, 3.05) is 32.8 Å². The molecule has 19 heavy (non-hydrogen) atoms. The number of nitrogens with one attached hydrogen (secondary N) is 1. The lowest BCUT2D eigenvalue weighted by molar-refractivity contribution is -0.242. The van der Waals surface area contributed by atoms with Gasteiger partial charge in [-0.2, -0.15) is 13.2 Å². The molecule has 1 rings (SSSR count). The Morgan fingerprint density at radius 1 is 1.37 bits per heavy atom. The summed E-state index contributed by atoms with van der Waals surface area (Å²) in [6.07, 6.45) is -2.44. The second kappa shape index (κ2) is 8.04. The third-order valence-corrected chi connectivity index (χ3v) is 3.63. The number of hydrogen-bond acceptors (Lipinski definition) is 4. The zero-order chi connectivity index (χ0) is 14.3. The summed E-state index contributed by atoms with van der Waals surface area (Å²) in [5.41, 5.74) is 0. The van der Waals surface area contributed by atoms with Crippen molar-refractivity contribution in [3.63, 3.8) is 0 Å². The lowest BCUT2D eigenvalue weighted by Crippen LogP contribution is -2.45. The van der Waals surface area contributed by atoms with Crippen molar-refractivity contribution in [3.05, 3.63) is 0 Å². The van der Waals surface area contributed by atoms with Crippen LogP contribution < -0.4 is 5.32 Å². The Balaban J connectivity index is 2.37. The number of halogens is 3. The van der Waals surface area contributed by atoms with Gasteiger partial charge >= 0.3 is 6.18 Å². The molecule has 2 unspecified atom stereocenters. The van der Waals surface area contributed by atoms with Crippen molar-refractivity contribution in [1.29, 1.82) is 0 Å². The zero-order valence-electron chi connectivity index (χ0n) is 11.2. The molecule has 1 heterocycles. The van der Waals surface area contributed by atoms with Crippen molar-refractivity contribution in [3.8, 4) is 0 Å². The molecule has 0 radical (unpaired) electrons. The molecule has 2 N–H and O–H groups in total. The van der Waals surface area contributed by atoms with Crippen LogP contribution in [0, 0.1) is 5.92 Å². The van der Waals surface area contributed by atoms with E-state index in [1.165, 1.54) is 0 Å². The normalized spacial score (nSPS) is 24.3. The summed E-state index contributed by atoms with van der Waals surface area (Å²) in [6, 6.07) is -0.506. The molecule has 0 aromatic carbocycles. The van der Waals surface area contributed by atoms with E-state index in [-0.39, 0.29) is 13.0 Å². The predicted octanol–water partition coefficient (Wildman–Crippen LogP) is 2.12. The van der Waals surface area contributed by atoms with Crippen LogP contribution in [0.25, 0.3) is 0 Å². The molecule has 7 heteroatoms. The van der Waals surface area contributed by atoms with Gasteiger partial charge < -0.3 is 10.2 Å². The highest BCUT2D eigenvalue weighted by Gasteiger charge is 2.47. The van der Waals surface area contributed by atoms with Gasteiger partial charge in [-0.05, 0) is 38.9 Å². The number of alkyl halides is 3. The third-order valence-electron chi connectivity index (χ3n) is 3.63. The summed E-state index contributed by atoms with van der Waals surface area (Å²) < 4.78 is 38.4. The van der Waals surface area contributed by atoms with E-state index >= 15 is 0 Å². The van der Waals surface area contributed by atoms with Crippen LogP contribution in [0.15, 0.2) is 0 Å². The Bertz CT molecular complexity index is 252. The van der Waals surface area contributed by atoms with Gasteiger partial charge in [0, 0.05) is 12.6 Å². The topological polar surface area (TPSA) is 44.7 Å². The molecule has 0 amide bonds. The van der Waals surface area contributed by atoms with Gasteiger partial charge in [-0.15, -0.1) is 0 Å². The average Bonchev–Trinajstić information content (AvgIpc) is 2.81. The van der Waals surface area contributed by atoms with Crippen LogP contribution in [0.4, 0.5) is 13.2 Å². The first-order valence-corrected chi connectivity index (χ1v) is 6.77. The number of unbranched alkanes of at least 4 members (excludes halogenated alkanes) is 1. The molecule has 1 aliphatic rings. The SMILES string of the molecule is CCN(CCCCOO)CC1NCCC1C(F)(F)F. The summed E-state index contributed by atoms with van der Waals surface area (Å²) in [6.45, 7) is 4.52. The van der Waals surface area contributed by atoms with Crippen molar-refractivity contribution in [2.24, 2.45) is 5.92 Å². The van der Waals surface area contributed by atoms with Gasteiger partial charge in [0.05, 0.1) is 12.5 Å². The summed E-state index contributed by atoms with van der Waals surface area (Å²) >= 11 is 0. The van der Waals surface area contributed by atoms with Gasteiger partial charge in [0.15, 0.2) is 0 Å². The largest absolute Gasteiger partial charge is 0.393 e. The molecule has 4 nitrogen and oxygen atoms in total. The predicted molar refractivity (Wildman–Crippen MR) is 65.9 cm³/mol. The highest BCUT2D eigenvalue weighted by Crippen LogP contribution is 2.34. The number of hydrogen-bond donors (Lipinski definition) is 2. The zero-order valence-corrected chi connectivity index (χ0v) is 11.2. The lowest BCUT2D eigenvalue weighted by Gasteiger charge is -2.28. The minimum atomic E-state index is -4.11. The number of rotatable bonds is 8. The second-order valence-electron chi connectivity index (χ2n) is 4.93. The van der Waals surface area contributed by atoms with Gasteiger partial charge in [-0.1, -0.05) is 6.92 Å². The monoisotopic (exact) mass is 284 g/mol. The van der Waals surface area contributed by atoms with E-state index in [2.05, 4.69) is 10.2 Å². The molecule has 0 spiro atoms. The summed E-state index contributed by atoms with van der Waals surface area (Å²) in [5.74, 6) is -1.23. The van der Waals surface area contributed by atoms with Crippen LogP contribution in [-0.4, -0.2) is 55.2 Å². The molecular formula is C12H23F3N2O2. The van der Waals surface area contributed by atoms with E-state index in [9.17, 15) is 13.2 Å². The van der Waals surface area contributed by atoms with Crippen LogP contribution in [0.5, 0.6) is 0 Å². The van der Waals surface area contributed by atoms with Gasteiger partial charge in [0.25, 0.3) is 0 Å². The lowest BCUT2D eigenvalue weighted by atomic mass is 9.99. The summed E-state index contributed by atoms with van der Waals surface area (Å²) in [7, 11) is 0. The molecule has 0 aromatic rings. The molecule has 0 aromatic heterocycles. The van der Waals surface area contributed by atoms with E-state index in [1.54, 1.807) is 0 Å². The Morgan fingerprint density at radius 3 is 2.68 bits per heavy atom. The fourth-order valence-corrected chi connectivity index (χ4v) is 2.51. The number of nitrogens with zero attached hydrogens (tertiary/aromatic N) is 1. The maximum atomic E-state index is 12.8. The number of likely N-dealkylation sites (N-methyl/N-ethyl adjacent to an activating group) is 1. The smallest absolute Gasteiger partial charge is 0.312 e. The first kappa shape index (κ1) is 16.7. The van der Waals surface area contributed by atoms with Crippen molar-refractivity contribution in [1.82, 2.24) is 10.2 Å². The first-order valence-electron chi connectivity index (χ1n) is 6.77. The van der Waals surface area contributed by atoms with E-state index in [1.807, 2.05) is 11.8 Å². The van der Waals surface area contributed by atoms with Gasteiger partial charge in [-0.25, -0.2) is 4.89 Å². The van der Waals surface area contributed by atoms with E-state index in [0.717, 1.165) is 19.5 Å². The molecule has 1 saturated heterocycles. The summed E-state index contributed by atoms with van der Waals surface area (Å²) in [4.78, 5) is 5.99. The van der Waals surface area contributed by atoms with E-state index < -0.39 is 18.1 Å². The summed E-state index contributed by atoms with van der Waals surface area (Å²) in [5, 5.41) is 11.1. The standard InChI is InChI=1S/C12H23F3N2O2/c1-2-17(7-3-4-8-19-18)9-11-10(5-6-16-11)12(13,14)15/h10-11,16,18H,2-9H2,1H3. The minimum absolute atomic E-state index is 0.171. The highest BCUT2D eigenvalue weighted by molar-refractivity contribution is 4.90. The van der Waals surface area contributed by atoms with Crippen molar-refractivity contribution in [2.45, 2.75) is 38.4 Å². The molecule has 2 atom stereocenters. The molecule has 1 aliphatic heterocycles. The molecular weight excluding hydrogens is 261 g/mol. The Labute approximate surface area is 111 Å². The Hall–Kier alpha value is -0.370. The second-order valence-corrected chi connectivity index (χ2v) is 4.93. The van der Waals surface area contributed by atoms with Crippen LogP contribution >= 0.6 is 0 Å². The van der Waals surface area contributed by atoms with E-state index in [0.29, 0.717) is 19.5 Å². The quantitative estimate of drug-likeness (QED) is 0.407. The highest BCUT2D eigenvalue weighted by atomic mass is 19.4. The van der Waals surface area contributed by atoms with Gasteiger partial charge in [0.1, 0.15) is 0 Å². The maximum Gasteiger partial charge on any atom is 0.393 e. The Morgan fingerprint density at radius 2 is 2.11 bits per heavy atom. The van der Waals surface area contributed by atoms with Crippen LogP contribution in [0.2, 0.25) is 0 Å². The molecule has 0 aliphatic carbocycles. The van der Waals surface area contributed by atoms with Crippen LogP contribution in [0.3, 0.4) is 0 Å².